The lowest BCUT2D eigenvalue weighted by Crippen LogP contribution is -2.21. The number of benzene rings is 1. The van der Waals surface area contributed by atoms with Crippen LogP contribution >= 0.6 is 0 Å². The molecule has 0 spiro atoms. The minimum absolute atomic E-state index is 0.331. The van der Waals surface area contributed by atoms with Crippen molar-refractivity contribution in [2.45, 2.75) is 5.92 Å². The highest BCUT2D eigenvalue weighted by molar-refractivity contribution is 5.72. The van der Waals surface area contributed by atoms with Crippen LogP contribution in [0.15, 0.2) is 18.2 Å². The molecule has 1 aliphatic rings. The van der Waals surface area contributed by atoms with E-state index in [4.69, 9.17) is 5.11 Å². The maximum Gasteiger partial charge on any atom is 0.308 e. The minimum atomic E-state index is -0.945. The number of rotatable bonds is 2. The van der Waals surface area contributed by atoms with E-state index in [0.29, 0.717) is 18.7 Å². The van der Waals surface area contributed by atoms with E-state index in [1.54, 1.807) is 0 Å². The van der Waals surface area contributed by atoms with Gasteiger partial charge in [-0.2, -0.15) is 0 Å². The van der Waals surface area contributed by atoms with Crippen LogP contribution in [-0.4, -0.2) is 24.2 Å². The summed E-state index contributed by atoms with van der Waals surface area (Å²) in [4.78, 5) is 10.9. The molecule has 0 bridgehead atoms. The van der Waals surface area contributed by atoms with E-state index in [9.17, 15) is 13.6 Å². The summed E-state index contributed by atoms with van der Waals surface area (Å²) >= 11 is 0. The summed E-state index contributed by atoms with van der Waals surface area (Å²) in [5.74, 6) is -3.29. The van der Waals surface area contributed by atoms with E-state index < -0.39 is 23.5 Å². The van der Waals surface area contributed by atoms with E-state index in [-0.39, 0.29) is 5.92 Å². The molecule has 3 nitrogen and oxygen atoms in total. The highest BCUT2D eigenvalue weighted by atomic mass is 19.1. The van der Waals surface area contributed by atoms with Gasteiger partial charge in [0.05, 0.1) is 5.92 Å². The molecule has 1 aromatic rings. The molecular formula is C11H11F2NO2. The maximum atomic E-state index is 13.0. The number of nitrogens with one attached hydrogen (secondary N) is 1. The van der Waals surface area contributed by atoms with Gasteiger partial charge in [0, 0.05) is 25.1 Å². The summed E-state index contributed by atoms with van der Waals surface area (Å²) in [7, 11) is 0. The molecular weight excluding hydrogens is 216 g/mol. The highest BCUT2D eigenvalue weighted by Gasteiger charge is 2.34. The van der Waals surface area contributed by atoms with E-state index in [2.05, 4.69) is 5.32 Å². The van der Waals surface area contributed by atoms with Gasteiger partial charge < -0.3 is 10.4 Å². The molecule has 2 atom stereocenters. The fraction of sp³-hybridized carbons (Fsp3) is 0.364. The molecule has 1 saturated heterocycles. The number of hydrogen-bond acceptors (Lipinski definition) is 2. The lowest BCUT2D eigenvalue weighted by Gasteiger charge is -2.15. The average molecular weight is 227 g/mol. The number of hydrogen-bond donors (Lipinski definition) is 2. The third kappa shape index (κ3) is 2.04. The molecule has 0 amide bonds. The lowest BCUT2D eigenvalue weighted by molar-refractivity contribution is -0.141. The number of carbonyl (C=O) groups is 1. The molecule has 0 aromatic heterocycles. The molecule has 1 fully saturated rings. The van der Waals surface area contributed by atoms with E-state index in [0.717, 1.165) is 6.07 Å². The predicted octanol–water partition coefficient (Wildman–Crippen LogP) is 1.35. The first-order chi connectivity index (χ1) is 7.58. The summed E-state index contributed by atoms with van der Waals surface area (Å²) in [5.41, 5.74) is 0.398. The Hall–Kier alpha value is -1.49. The number of halogens is 2. The first-order valence-corrected chi connectivity index (χ1v) is 4.97. The minimum Gasteiger partial charge on any atom is -0.481 e. The largest absolute Gasteiger partial charge is 0.481 e. The second-order valence-corrected chi connectivity index (χ2v) is 3.91. The maximum absolute atomic E-state index is 13.0. The van der Waals surface area contributed by atoms with Gasteiger partial charge in [0.25, 0.3) is 0 Å². The molecule has 5 heteroatoms. The summed E-state index contributed by atoms with van der Waals surface area (Å²) < 4.78 is 26.0. The predicted molar refractivity (Wildman–Crippen MR) is 53.1 cm³/mol. The molecule has 16 heavy (non-hydrogen) atoms. The van der Waals surface area contributed by atoms with Crippen molar-refractivity contribution in [3.8, 4) is 0 Å². The molecule has 86 valence electrons. The third-order valence-electron chi connectivity index (χ3n) is 2.84. The summed E-state index contributed by atoms with van der Waals surface area (Å²) in [5, 5.41) is 11.9. The van der Waals surface area contributed by atoms with Gasteiger partial charge in [-0.3, -0.25) is 4.79 Å². The average Bonchev–Trinajstić information content (AvgIpc) is 2.63. The molecule has 0 unspecified atom stereocenters. The molecule has 1 aliphatic heterocycles. The summed E-state index contributed by atoms with van der Waals surface area (Å²) in [6, 6.07) is 3.16. The van der Waals surface area contributed by atoms with Crippen molar-refractivity contribution in [2.24, 2.45) is 5.92 Å². The van der Waals surface area contributed by atoms with Gasteiger partial charge in [0.1, 0.15) is 11.6 Å². The smallest absolute Gasteiger partial charge is 0.308 e. The molecule has 2 rings (SSSR count). The molecule has 0 radical (unpaired) electrons. The Bertz CT molecular complexity index is 402. The second-order valence-electron chi connectivity index (χ2n) is 3.91. The fourth-order valence-electron chi connectivity index (χ4n) is 2.08. The Morgan fingerprint density at radius 3 is 2.44 bits per heavy atom. The van der Waals surface area contributed by atoms with E-state index in [1.807, 2.05) is 0 Å². The first-order valence-electron chi connectivity index (χ1n) is 4.97. The molecule has 0 saturated carbocycles. The molecule has 2 N–H and O–H groups in total. The van der Waals surface area contributed by atoms with Crippen molar-refractivity contribution >= 4 is 5.97 Å². The molecule has 1 aromatic carbocycles. The SMILES string of the molecule is O=C(O)[C@@H]1CNC[C@H]1c1cc(F)cc(F)c1. The standard InChI is InChI=1S/C11H11F2NO2/c12-7-1-6(2-8(13)3-7)9-4-14-5-10(9)11(15)16/h1-3,9-10,14H,4-5H2,(H,15,16)/t9-,10+/m0/s1. The van der Waals surface area contributed by atoms with Crippen LogP contribution in [0.2, 0.25) is 0 Å². The van der Waals surface area contributed by atoms with Crippen molar-refractivity contribution in [2.75, 3.05) is 13.1 Å². The summed E-state index contributed by atoms with van der Waals surface area (Å²) in [6.07, 6.45) is 0. The summed E-state index contributed by atoms with van der Waals surface area (Å²) in [6.45, 7) is 0.762. The van der Waals surface area contributed by atoms with Crippen LogP contribution in [0.25, 0.3) is 0 Å². The van der Waals surface area contributed by atoms with Gasteiger partial charge in [0.2, 0.25) is 0 Å². The van der Waals surface area contributed by atoms with Crippen LogP contribution in [0.3, 0.4) is 0 Å². The van der Waals surface area contributed by atoms with Crippen LogP contribution in [0.4, 0.5) is 8.78 Å². The topological polar surface area (TPSA) is 49.3 Å². The van der Waals surface area contributed by atoms with Gasteiger partial charge in [0.15, 0.2) is 0 Å². The van der Waals surface area contributed by atoms with E-state index in [1.165, 1.54) is 12.1 Å². The van der Waals surface area contributed by atoms with Crippen LogP contribution in [0.1, 0.15) is 11.5 Å². The van der Waals surface area contributed by atoms with Crippen molar-refractivity contribution < 1.29 is 18.7 Å². The van der Waals surface area contributed by atoms with Crippen LogP contribution < -0.4 is 5.32 Å². The van der Waals surface area contributed by atoms with Gasteiger partial charge in [-0.15, -0.1) is 0 Å². The van der Waals surface area contributed by atoms with Gasteiger partial charge in [-0.1, -0.05) is 0 Å². The van der Waals surface area contributed by atoms with Crippen LogP contribution in [0, 0.1) is 17.6 Å². The monoisotopic (exact) mass is 227 g/mol. The zero-order valence-electron chi connectivity index (χ0n) is 8.41. The van der Waals surface area contributed by atoms with Crippen molar-refractivity contribution in [3.05, 3.63) is 35.4 Å². The lowest BCUT2D eigenvalue weighted by atomic mass is 9.89. The van der Waals surface area contributed by atoms with Crippen molar-refractivity contribution in [1.82, 2.24) is 5.32 Å². The normalized spacial score (nSPS) is 24.6. The van der Waals surface area contributed by atoms with Gasteiger partial charge >= 0.3 is 5.97 Å². The molecule has 0 aliphatic carbocycles. The second kappa shape index (κ2) is 4.17. The van der Waals surface area contributed by atoms with Gasteiger partial charge in [-0.05, 0) is 17.7 Å². The number of carboxylic acids is 1. The molecule has 1 heterocycles. The Morgan fingerprint density at radius 1 is 1.25 bits per heavy atom. The zero-order valence-corrected chi connectivity index (χ0v) is 8.41. The highest BCUT2D eigenvalue weighted by Crippen LogP contribution is 2.29. The Kier molecular flexibility index (Phi) is 2.87. The Labute approximate surface area is 91.1 Å². The number of aliphatic carboxylic acids is 1. The van der Waals surface area contributed by atoms with Crippen molar-refractivity contribution in [1.29, 1.82) is 0 Å². The van der Waals surface area contributed by atoms with Crippen molar-refractivity contribution in [3.63, 3.8) is 0 Å². The Morgan fingerprint density at radius 2 is 1.88 bits per heavy atom. The first kappa shape index (κ1) is 11.0. The fourth-order valence-corrected chi connectivity index (χ4v) is 2.08. The third-order valence-corrected chi connectivity index (χ3v) is 2.84. The quantitative estimate of drug-likeness (QED) is 0.801. The Balaban J connectivity index is 2.32. The van der Waals surface area contributed by atoms with Crippen LogP contribution in [0.5, 0.6) is 0 Å². The van der Waals surface area contributed by atoms with Crippen LogP contribution in [-0.2, 0) is 4.79 Å². The zero-order chi connectivity index (χ0) is 11.7. The van der Waals surface area contributed by atoms with Gasteiger partial charge in [-0.25, -0.2) is 8.78 Å². The van der Waals surface area contributed by atoms with E-state index >= 15 is 0 Å². The number of carboxylic acid groups (broad SMARTS) is 1.